The van der Waals surface area contributed by atoms with Gasteiger partial charge in [-0.15, -0.1) is 0 Å². The first-order chi connectivity index (χ1) is 11.8. The van der Waals surface area contributed by atoms with Gasteiger partial charge in [-0.3, -0.25) is 4.98 Å². The van der Waals surface area contributed by atoms with Crippen LogP contribution < -0.4 is 9.47 Å². The lowest BCUT2D eigenvalue weighted by atomic mass is 9.81. The molecule has 0 radical (unpaired) electrons. The van der Waals surface area contributed by atoms with E-state index in [1.165, 1.54) is 30.4 Å². The van der Waals surface area contributed by atoms with Crippen molar-refractivity contribution in [2.75, 3.05) is 7.11 Å². The lowest BCUT2D eigenvalue weighted by Gasteiger charge is -2.32. The van der Waals surface area contributed by atoms with E-state index in [0.29, 0.717) is 0 Å². The molecular formula is C21H23NO2. The maximum absolute atomic E-state index is 6.48. The lowest BCUT2D eigenvalue weighted by molar-refractivity contribution is 0.0507. The minimum Gasteiger partial charge on any atom is -0.493 e. The van der Waals surface area contributed by atoms with Crippen LogP contribution in [-0.4, -0.2) is 17.7 Å². The Labute approximate surface area is 143 Å². The molecule has 1 aromatic heterocycles. The summed E-state index contributed by atoms with van der Waals surface area (Å²) in [5, 5.41) is 0. The van der Waals surface area contributed by atoms with Crippen LogP contribution in [0.4, 0.5) is 0 Å². The van der Waals surface area contributed by atoms with Gasteiger partial charge in [-0.05, 0) is 55.0 Å². The summed E-state index contributed by atoms with van der Waals surface area (Å²) in [5.74, 6) is 1.81. The van der Waals surface area contributed by atoms with Crippen molar-refractivity contribution in [2.45, 2.75) is 44.1 Å². The van der Waals surface area contributed by atoms with Gasteiger partial charge < -0.3 is 9.47 Å². The molecule has 1 saturated carbocycles. The Morgan fingerprint density at radius 2 is 1.83 bits per heavy atom. The summed E-state index contributed by atoms with van der Waals surface area (Å²) in [6, 6.07) is 8.19. The van der Waals surface area contributed by atoms with Crippen LogP contribution in [0.1, 0.15) is 48.8 Å². The number of hydrogen-bond donors (Lipinski definition) is 0. The number of aromatic nitrogens is 1. The van der Waals surface area contributed by atoms with E-state index in [-0.39, 0.29) is 5.60 Å². The molecule has 1 aliphatic carbocycles. The molecule has 1 aromatic carbocycles. The van der Waals surface area contributed by atoms with Crippen LogP contribution in [0, 0.1) is 0 Å². The second-order valence-electron chi connectivity index (χ2n) is 6.80. The third-order valence-corrected chi connectivity index (χ3v) is 5.22. The van der Waals surface area contributed by atoms with E-state index in [0.717, 1.165) is 36.3 Å². The first-order valence-corrected chi connectivity index (χ1v) is 8.77. The van der Waals surface area contributed by atoms with Gasteiger partial charge in [0.1, 0.15) is 5.60 Å². The minimum absolute atomic E-state index is 0.00548. The summed E-state index contributed by atoms with van der Waals surface area (Å²) in [5.41, 5.74) is 3.67. The van der Waals surface area contributed by atoms with E-state index < -0.39 is 0 Å². The number of pyridine rings is 1. The Balaban J connectivity index is 1.68. The molecule has 0 saturated heterocycles. The van der Waals surface area contributed by atoms with Crippen molar-refractivity contribution in [1.82, 2.24) is 4.98 Å². The van der Waals surface area contributed by atoms with Gasteiger partial charge in [0.2, 0.25) is 0 Å². The van der Waals surface area contributed by atoms with Crippen LogP contribution in [0.3, 0.4) is 0 Å². The summed E-state index contributed by atoms with van der Waals surface area (Å²) in [6.45, 7) is 0. The van der Waals surface area contributed by atoms with Crippen LogP contribution in [-0.2, 0) is 6.42 Å². The Bertz CT molecular complexity index is 746. The number of methoxy groups -OCH3 is 1. The van der Waals surface area contributed by atoms with Crippen LogP contribution in [0.15, 0.2) is 36.7 Å². The SMILES string of the molecule is COc1ccc(C=Cc2ccncc2)c2c1OC1(CCCCC1)C2. The Hall–Kier alpha value is -2.29. The van der Waals surface area contributed by atoms with E-state index in [4.69, 9.17) is 9.47 Å². The Morgan fingerprint density at radius 1 is 1.04 bits per heavy atom. The van der Waals surface area contributed by atoms with Crippen LogP contribution in [0.25, 0.3) is 12.2 Å². The molecule has 0 bridgehead atoms. The average molecular weight is 321 g/mol. The predicted octanol–water partition coefficient (Wildman–Crippen LogP) is 4.90. The van der Waals surface area contributed by atoms with Gasteiger partial charge in [0.05, 0.1) is 7.11 Å². The number of hydrogen-bond acceptors (Lipinski definition) is 3. The molecule has 0 unspecified atom stereocenters. The van der Waals surface area contributed by atoms with E-state index in [1.54, 1.807) is 7.11 Å². The molecule has 0 N–H and O–H groups in total. The average Bonchev–Trinajstić information content (AvgIpc) is 3.00. The monoisotopic (exact) mass is 321 g/mol. The zero-order valence-corrected chi connectivity index (χ0v) is 14.1. The molecule has 1 spiro atoms. The molecular weight excluding hydrogens is 298 g/mol. The Kier molecular flexibility index (Phi) is 4.01. The van der Waals surface area contributed by atoms with Gasteiger partial charge in [-0.2, -0.15) is 0 Å². The van der Waals surface area contributed by atoms with Gasteiger partial charge in [-0.25, -0.2) is 0 Å². The summed E-state index contributed by atoms with van der Waals surface area (Å²) in [7, 11) is 1.72. The lowest BCUT2D eigenvalue weighted by Crippen LogP contribution is -2.36. The Morgan fingerprint density at radius 3 is 2.58 bits per heavy atom. The van der Waals surface area contributed by atoms with Crippen molar-refractivity contribution >= 4 is 12.2 Å². The van der Waals surface area contributed by atoms with Gasteiger partial charge in [0.25, 0.3) is 0 Å². The summed E-state index contributed by atoms with van der Waals surface area (Å²) < 4.78 is 12.0. The molecule has 1 aliphatic heterocycles. The molecule has 0 atom stereocenters. The number of ether oxygens (including phenoxy) is 2. The molecule has 2 aromatic rings. The maximum atomic E-state index is 6.48. The highest BCUT2D eigenvalue weighted by Crippen LogP contribution is 2.49. The molecule has 3 nitrogen and oxygen atoms in total. The highest BCUT2D eigenvalue weighted by molar-refractivity contribution is 5.74. The first kappa shape index (κ1) is 15.3. The van der Waals surface area contributed by atoms with Crippen molar-refractivity contribution in [3.05, 3.63) is 53.3 Å². The van der Waals surface area contributed by atoms with Gasteiger partial charge in [0, 0.05) is 24.4 Å². The third kappa shape index (κ3) is 2.79. The fourth-order valence-corrected chi connectivity index (χ4v) is 3.94. The standard InChI is InChI=1S/C21H23NO2/c1-23-19-8-7-17(6-5-16-9-13-22-14-10-16)18-15-21(24-20(18)19)11-3-2-4-12-21/h5-10,13-14H,2-4,11-12,15H2,1H3. The van der Waals surface area contributed by atoms with E-state index in [9.17, 15) is 0 Å². The van der Waals surface area contributed by atoms with Crippen molar-refractivity contribution in [3.63, 3.8) is 0 Å². The second-order valence-corrected chi connectivity index (χ2v) is 6.80. The van der Waals surface area contributed by atoms with E-state index in [1.807, 2.05) is 30.6 Å². The van der Waals surface area contributed by atoms with Gasteiger partial charge in [-0.1, -0.05) is 24.6 Å². The minimum atomic E-state index is -0.00548. The van der Waals surface area contributed by atoms with E-state index >= 15 is 0 Å². The van der Waals surface area contributed by atoms with E-state index in [2.05, 4.69) is 23.2 Å². The van der Waals surface area contributed by atoms with Crippen molar-refractivity contribution < 1.29 is 9.47 Å². The quantitative estimate of drug-likeness (QED) is 0.806. The zero-order chi connectivity index (χ0) is 16.4. The molecule has 24 heavy (non-hydrogen) atoms. The molecule has 2 aliphatic rings. The first-order valence-electron chi connectivity index (χ1n) is 8.77. The molecule has 3 heteroatoms. The molecule has 1 fully saturated rings. The molecule has 124 valence electrons. The number of benzene rings is 1. The van der Waals surface area contributed by atoms with Crippen molar-refractivity contribution in [3.8, 4) is 11.5 Å². The van der Waals surface area contributed by atoms with Crippen LogP contribution in [0.5, 0.6) is 11.5 Å². The summed E-state index contributed by atoms with van der Waals surface area (Å²) >= 11 is 0. The molecule has 2 heterocycles. The molecule has 0 amide bonds. The highest BCUT2D eigenvalue weighted by atomic mass is 16.5. The second kappa shape index (κ2) is 6.31. The molecule has 4 rings (SSSR count). The van der Waals surface area contributed by atoms with Gasteiger partial charge in [0.15, 0.2) is 11.5 Å². The zero-order valence-electron chi connectivity index (χ0n) is 14.1. The summed E-state index contributed by atoms with van der Waals surface area (Å²) in [4.78, 5) is 4.07. The fourth-order valence-electron chi connectivity index (χ4n) is 3.94. The smallest absolute Gasteiger partial charge is 0.165 e. The van der Waals surface area contributed by atoms with Crippen LogP contribution >= 0.6 is 0 Å². The van der Waals surface area contributed by atoms with Crippen molar-refractivity contribution in [2.24, 2.45) is 0 Å². The number of nitrogens with zero attached hydrogens (tertiary/aromatic N) is 1. The predicted molar refractivity (Wildman–Crippen MR) is 96.3 cm³/mol. The topological polar surface area (TPSA) is 31.4 Å². The highest BCUT2D eigenvalue weighted by Gasteiger charge is 2.42. The normalized spacial score (nSPS) is 18.5. The number of rotatable bonds is 3. The van der Waals surface area contributed by atoms with Gasteiger partial charge >= 0.3 is 0 Å². The summed E-state index contributed by atoms with van der Waals surface area (Å²) in [6.07, 6.45) is 15.1. The largest absolute Gasteiger partial charge is 0.493 e. The van der Waals surface area contributed by atoms with Crippen LogP contribution in [0.2, 0.25) is 0 Å². The third-order valence-electron chi connectivity index (χ3n) is 5.22. The fraction of sp³-hybridized carbons (Fsp3) is 0.381. The number of fused-ring (bicyclic) bond motifs is 1. The van der Waals surface area contributed by atoms with Crippen molar-refractivity contribution in [1.29, 1.82) is 0 Å². The maximum Gasteiger partial charge on any atom is 0.165 e.